The first-order valence-corrected chi connectivity index (χ1v) is 15.5. The summed E-state index contributed by atoms with van der Waals surface area (Å²) >= 11 is 0. The summed E-state index contributed by atoms with van der Waals surface area (Å²) < 4.78 is 0. The molecule has 0 atom stereocenters. The summed E-state index contributed by atoms with van der Waals surface area (Å²) in [4.78, 5) is 5.47. The molecule has 3 nitrogen and oxygen atoms in total. The molecule has 0 aliphatic carbocycles. The topological polar surface area (TPSA) is 18.5 Å². The molecule has 0 amide bonds. The highest BCUT2D eigenvalue weighted by Crippen LogP contribution is 2.13. The fourth-order valence-electron chi connectivity index (χ4n) is 5.20. The highest BCUT2D eigenvalue weighted by atomic mass is 15.2. The summed E-state index contributed by atoms with van der Waals surface area (Å²) in [5.74, 6) is 0. The number of piperazine rings is 1. The van der Waals surface area contributed by atoms with E-state index in [9.17, 15) is 0 Å². The van der Waals surface area contributed by atoms with E-state index in [0.29, 0.717) is 0 Å². The molecule has 1 N–H and O–H groups in total. The Bertz CT molecular complexity index is 344. The average Bonchev–Trinajstić information content (AvgIpc) is 2.85. The van der Waals surface area contributed by atoms with Crippen molar-refractivity contribution >= 4 is 0 Å². The fourth-order valence-corrected chi connectivity index (χ4v) is 5.20. The van der Waals surface area contributed by atoms with Gasteiger partial charge in [0.15, 0.2) is 0 Å². The summed E-state index contributed by atoms with van der Waals surface area (Å²) in [7, 11) is 0. The molecule has 0 unspecified atom stereocenters. The van der Waals surface area contributed by atoms with Crippen molar-refractivity contribution in [1.29, 1.82) is 0 Å². The average molecular weight is 466 g/mol. The number of nitrogens with zero attached hydrogens (tertiary/aromatic N) is 2. The lowest BCUT2D eigenvalue weighted by Crippen LogP contribution is -2.46. The molecule has 0 bridgehead atoms. The normalized spacial score (nSPS) is 15.0. The van der Waals surface area contributed by atoms with E-state index in [1.165, 1.54) is 181 Å². The molecule has 0 spiro atoms. The van der Waals surface area contributed by atoms with Crippen LogP contribution in [0.3, 0.4) is 0 Å². The van der Waals surface area contributed by atoms with Crippen molar-refractivity contribution in [2.24, 2.45) is 0 Å². The van der Waals surface area contributed by atoms with Gasteiger partial charge in [-0.3, -0.25) is 4.90 Å². The highest BCUT2D eigenvalue weighted by molar-refractivity contribution is 4.70. The maximum absolute atomic E-state index is 3.49. The first kappa shape index (κ1) is 30.9. The third-order valence-corrected chi connectivity index (χ3v) is 7.60. The zero-order chi connectivity index (χ0) is 23.7. The molecular weight excluding hydrogens is 402 g/mol. The molecule has 1 aliphatic rings. The zero-order valence-electron chi connectivity index (χ0n) is 23.2. The van der Waals surface area contributed by atoms with Crippen LogP contribution in [0.25, 0.3) is 0 Å². The van der Waals surface area contributed by atoms with Crippen molar-refractivity contribution in [3.8, 4) is 0 Å². The van der Waals surface area contributed by atoms with Gasteiger partial charge in [0, 0.05) is 39.3 Å². The minimum absolute atomic E-state index is 1.18. The zero-order valence-corrected chi connectivity index (χ0v) is 23.2. The Morgan fingerprint density at radius 2 is 0.848 bits per heavy atom. The molecule has 0 saturated carbocycles. The third kappa shape index (κ3) is 20.9. The lowest BCUT2D eigenvalue weighted by Gasteiger charge is -2.30. The van der Waals surface area contributed by atoms with Gasteiger partial charge in [0.25, 0.3) is 0 Å². The van der Waals surface area contributed by atoms with Gasteiger partial charge in [-0.25, -0.2) is 0 Å². The lowest BCUT2D eigenvalue weighted by atomic mass is 10.1. The Hall–Kier alpha value is -0.120. The van der Waals surface area contributed by atoms with Crippen LogP contribution in [0.15, 0.2) is 0 Å². The monoisotopic (exact) mass is 466 g/mol. The molecule has 3 heteroatoms. The van der Waals surface area contributed by atoms with E-state index in [2.05, 4.69) is 29.0 Å². The van der Waals surface area contributed by atoms with Crippen molar-refractivity contribution in [2.45, 2.75) is 142 Å². The molecule has 1 heterocycles. The molecule has 1 saturated heterocycles. The first-order valence-electron chi connectivity index (χ1n) is 15.5. The van der Waals surface area contributed by atoms with E-state index in [1.54, 1.807) is 0 Å². The van der Waals surface area contributed by atoms with Crippen LogP contribution < -0.4 is 5.32 Å². The van der Waals surface area contributed by atoms with Gasteiger partial charge in [0.1, 0.15) is 0 Å². The molecule has 1 rings (SSSR count). The van der Waals surface area contributed by atoms with E-state index in [-0.39, 0.29) is 0 Å². The van der Waals surface area contributed by atoms with Crippen LogP contribution in [0.1, 0.15) is 142 Å². The Balaban J connectivity index is 2.08. The van der Waals surface area contributed by atoms with E-state index in [1.807, 2.05) is 0 Å². The lowest BCUT2D eigenvalue weighted by molar-refractivity contribution is 0.184. The Labute approximate surface area is 209 Å². The van der Waals surface area contributed by atoms with E-state index < -0.39 is 0 Å². The molecule has 198 valence electrons. The summed E-state index contributed by atoms with van der Waals surface area (Å²) in [6.45, 7) is 14.7. The number of hydrogen-bond acceptors (Lipinski definition) is 3. The van der Waals surface area contributed by atoms with E-state index in [0.717, 1.165) is 0 Å². The minimum Gasteiger partial charge on any atom is -0.314 e. The van der Waals surface area contributed by atoms with Gasteiger partial charge >= 0.3 is 0 Å². The van der Waals surface area contributed by atoms with Gasteiger partial charge in [-0.05, 0) is 25.9 Å². The quantitative estimate of drug-likeness (QED) is 0.138. The maximum Gasteiger partial charge on any atom is 0.0110 e. The molecule has 1 fully saturated rings. The fraction of sp³-hybridized carbons (Fsp3) is 1.00. The highest BCUT2D eigenvalue weighted by Gasteiger charge is 2.11. The number of rotatable bonds is 25. The Kier molecular flexibility index (Phi) is 23.4. The van der Waals surface area contributed by atoms with Gasteiger partial charge in [0.2, 0.25) is 0 Å². The molecule has 0 aromatic rings. The van der Waals surface area contributed by atoms with Gasteiger partial charge < -0.3 is 10.2 Å². The molecule has 1 aliphatic heterocycles. The van der Waals surface area contributed by atoms with Crippen LogP contribution >= 0.6 is 0 Å². The van der Waals surface area contributed by atoms with E-state index >= 15 is 0 Å². The van der Waals surface area contributed by atoms with Crippen molar-refractivity contribution in [3.63, 3.8) is 0 Å². The van der Waals surface area contributed by atoms with Gasteiger partial charge in [0.05, 0.1) is 0 Å². The maximum atomic E-state index is 3.49. The van der Waals surface area contributed by atoms with Gasteiger partial charge in [-0.1, -0.05) is 129 Å². The summed E-state index contributed by atoms with van der Waals surface area (Å²) in [6.07, 6.45) is 28.9. The van der Waals surface area contributed by atoms with Gasteiger partial charge in [-0.15, -0.1) is 0 Å². The predicted octanol–water partition coefficient (Wildman–Crippen LogP) is 8.04. The van der Waals surface area contributed by atoms with Crippen molar-refractivity contribution < 1.29 is 0 Å². The summed E-state index contributed by atoms with van der Waals surface area (Å²) in [6, 6.07) is 0. The van der Waals surface area contributed by atoms with Crippen LogP contribution in [0.5, 0.6) is 0 Å². The van der Waals surface area contributed by atoms with Crippen LogP contribution in [-0.4, -0.2) is 62.2 Å². The summed E-state index contributed by atoms with van der Waals surface area (Å²) in [5, 5.41) is 3.49. The van der Waals surface area contributed by atoms with Crippen LogP contribution in [0, 0.1) is 0 Å². The minimum atomic E-state index is 1.18. The van der Waals surface area contributed by atoms with Crippen molar-refractivity contribution in [2.75, 3.05) is 52.4 Å². The van der Waals surface area contributed by atoms with Crippen LogP contribution in [0.2, 0.25) is 0 Å². The molecule has 0 aromatic heterocycles. The van der Waals surface area contributed by atoms with Crippen molar-refractivity contribution in [3.05, 3.63) is 0 Å². The predicted molar refractivity (Wildman–Crippen MR) is 149 cm³/mol. The first-order chi connectivity index (χ1) is 16.4. The Morgan fingerprint density at radius 3 is 1.24 bits per heavy atom. The second kappa shape index (κ2) is 25.0. The Morgan fingerprint density at radius 1 is 0.485 bits per heavy atom. The second-order valence-electron chi connectivity index (χ2n) is 10.8. The van der Waals surface area contributed by atoms with E-state index in [4.69, 9.17) is 0 Å². The smallest absolute Gasteiger partial charge is 0.0110 e. The van der Waals surface area contributed by atoms with Gasteiger partial charge in [-0.2, -0.15) is 0 Å². The SMILES string of the molecule is CCCCCCCCCCCCN(CCCCCCCCCCCC)CCN1CCNCC1. The molecule has 0 radical (unpaired) electrons. The number of hydrogen-bond donors (Lipinski definition) is 1. The third-order valence-electron chi connectivity index (χ3n) is 7.60. The summed E-state index contributed by atoms with van der Waals surface area (Å²) in [5.41, 5.74) is 0. The second-order valence-corrected chi connectivity index (χ2v) is 10.8. The van der Waals surface area contributed by atoms with Crippen LogP contribution in [0.4, 0.5) is 0 Å². The largest absolute Gasteiger partial charge is 0.314 e. The molecule has 0 aromatic carbocycles. The van der Waals surface area contributed by atoms with Crippen LogP contribution in [-0.2, 0) is 0 Å². The number of nitrogens with one attached hydrogen (secondary N) is 1. The molecule has 33 heavy (non-hydrogen) atoms. The van der Waals surface area contributed by atoms with Crippen molar-refractivity contribution in [1.82, 2.24) is 15.1 Å². The number of unbranched alkanes of at least 4 members (excludes halogenated alkanes) is 18. The molecular formula is C30H63N3. The standard InChI is InChI=1S/C30H63N3/c1-3-5-7-9-11-13-15-17-19-21-25-32(29-30-33-27-23-31-24-28-33)26-22-20-18-16-14-12-10-8-6-4-2/h31H,3-30H2,1-2H3.